The van der Waals surface area contributed by atoms with Crippen LogP contribution in [0.1, 0.15) is 114 Å². The third-order valence-corrected chi connectivity index (χ3v) is 11.5. The van der Waals surface area contributed by atoms with E-state index in [0.29, 0.717) is 19.4 Å². The van der Waals surface area contributed by atoms with Crippen LogP contribution in [-0.4, -0.2) is 88.3 Å². The van der Waals surface area contributed by atoms with Crippen molar-refractivity contribution in [3.05, 3.63) is 12.7 Å². The number of hydrogen-bond acceptors (Lipinski definition) is 7. The predicted octanol–water partition coefficient (Wildman–Crippen LogP) is 4.16. The van der Waals surface area contributed by atoms with Gasteiger partial charge in [-0.15, -0.1) is 6.58 Å². The number of piperidine rings is 2. The van der Waals surface area contributed by atoms with Crippen LogP contribution in [0.2, 0.25) is 0 Å². The Morgan fingerprint density at radius 2 is 1.49 bits per heavy atom. The number of ketones is 2. The van der Waals surface area contributed by atoms with Crippen LogP contribution in [0.3, 0.4) is 0 Å². The van der Waals surface area contributed by atoms with Gasteiger partial charge < -0.3 is 20.9 Å². The first-order valence-electron chi connectivity index (χ1n) is 18.6. The van der Waals surface area contributed by atoms with Crippen LogP contribution in [0.4, 0.5) is 4.79 Å². The number of urea groups is 1. The Morgan fingerprint density at radius 1 is 0.902 bits per heavy atom. The highest BCUT2D eigenvalue weighted by molar-refractivity contribution is 6.39. The van der Waals surface area contributed by atoms with E-state index < -0.39 is 69.8 Å². The molecule has 2 aliphatic carbocycles. The topological polar surface area (TPSA) is 162 Å². The van der Waals surface area contributed by atoms with Crippen LogP contribution in [0.5, 0.6) is 0 Å². The van der Waals surface area contributed by atoms with E-state index in [0.717, 1.165) is 12.8 Å². The Hall–Kier alpha value is -3.57. The van der Waals surface area contributed by atoms with Gasteiger partial charge in [-0.05, 0) is 52.3 Å². The SMILES string of the molecule is C=CCCC(=O)C(=O)C(CC1CC1)NC(=O)[C@@H]1[C@@H]2[C@H](CN1C(=O)[C@@H](NC(=O)N[C@H](CN1C(=O)CC(C)(C)CC1=O)C(C)(C)C)C(C)(C)C)C2(C)C. The van der Waals surface area contributed by atoms with Crippen LogP contribution in [0.25, 0.3) is 0 Å². The van der Waals surface area contributed by atoms with Crippen LogP contribution < -0.4 is 16.0 Å². The number of Topliss-reactive ketones (excluding diaryl/α,β-unsaturated/α-hetero) is 2. The minimum atomic E-state index is -1.03. The van der Waals surface area contributed by atoms with Gasteiger partial charge in [-0.1, -0.05) is 88.2 Å². The number of carbonyl (C=O) groups is 7. The molecule has 0 aromatic carbocycles. The molecule has 0 aromatic rings. The number of likely N-dealkylation sites (tertiary alicyclic amines) is 2. The molecule has 2 aliphatic heterocycles. The summed E-state index contributed by atoms with van der Waals surface area (Å²) in [6.45, 7) is 23.1. The molecule has 2 saturated carbocycles. The van der Waals surface area contributed by atoms with Gasteiger partial charge in [-0.25, -0.2) is 4.79 Å². The van der Waals surface area contributed by atoms with Crippen LogP contribution in [-0.2, 0) is 28.8 Å². The number of imide groups is 1. The highest BCUT2D eigenvalue weighted by Crippen LogP contribution is 2.65. The zero-order chi connectivity index (χ0) is 38.4. The fourth-order valence-corrected chi connectivity index (χ4v) is 7.82. The molecule has 51 heavy (non-hydrogen) atoms. The third kappa shape index (κ3) is 9.27. The predicted molar refractivity (Wildman–Crippen MR) is 193 cm³/mol. The first-order chi connectivity index (χ1) is 23.4. The molecule has 0 aromatic heterocycles. The number of rotatable bonds is 14. The zero-order valence-electron chi connectivity index (χ0n) is 32.4. The third-order valence-electron chi connectivity index (χ3n) is 11.5. The second-order valence-corrected chi connectivity index (χ2v) is 19.0. The summed E-state index contributed by atoms with van der Waals surface area (Å²) in [6.07, 6.45) is 4.70. The molecule has 284 valence electrons. The highest BCUT2D eigenvalue weighted by Gasteiger charge is 2.70. The summed E-state index contributed by atoms with van der Waals surface area (Å²) in [5.74, 6) is -2.40. The molecule has 2 saturated heterocycles. The minimum absolute atomic E-state index is 0.00243. The Labute approximate surface area is 303 Å². The van der Waals surface area contributed by atoms with Gasteiger partial charge in [0.25, 0.3) is 0 Å². The summed E-state index contributed by atoms with van der Waals surface area (Å²) >= 11 is 0. The van der Waals surface area contributed by atoms with Crippen molar-refractivity contribution in [3.63, 3.8) is 0 Å². The summed E-state index contributed by atoms with van der Waals surface area (Å²) < 4.78 is 0. The highest BCUT2D eigenvalue weighted by atomic mass is 16.2. The lowest BCUT2D eigenvalue weighted by atomic mass is 9.80. The largest absolute Gasteiger partial charge is 0.344 e. The van der Waals surface area contributed by atoms with E-state index in [1.807, 2.05) is 55.4 Å². The van der Waals surface area contributed by atoms with Crippen molar-refractivity contribution in [1.29, 1.82) is 0 Å². The first kappa shape index (κ1) is 40.2. The van der Waals surface area contributed by atoms with E-state index in [1.165, 1.54) is 4.90 Å². The number of nitrogens with zero attached hydrogens (tertiary/aromatic N) is 2. The van der Waals surface area contributed by atoms with E-state index in [9.17, 15) is 33.6 Å². The molecular formula is C39H61N5O7. The van der Waals surface area contributed by atoms with E-state index in [1.54, 1.807) is 11.0 Å². The molecule has 4 fully saturated rings. The maximum atomic E-state index is 14.5. The standard InChI is InChI=1S/C39H61N5O7/c1-12-13-14-25(45)31(48)24(17-22-15-16-22)40-33(49)30-29-23(39(29,10)11)20-44(30)34(50)32(37(5,6)7)42-35(51)41-26(36(2,3)4)21-43-27(46)18-38(8,9)19-28(43)47/h12,22-24,26,29-30,32H,1,13-21H2,2-11H3,(H,40,49)(H2,41,42,51)/t23-,24?,26+,29-,30-,32+/m0/s1. The van der Waals surface area contributed by atoms with Crippen LogP contribution in [0.15, 0.2) is 12.7 Å². The number of hydrogen-bond donors (Lipinski definition) is 3. The number of amides is 6. The van der Waals surface area contributed by atoms with Crippen molar-refractivity contribution in [2.24, 2.45) is 39.4 Å². The van der Waals surface area contributed by atoms with E-state index >= 15 is 0 Å². The summed E-state index contributed by atoms with van der Waals surface area (Å²) in [7, 11) is 0. The summed E-state index contributed by atoms with van der Waals surface area (Å²) in [4.78, 5) is 97.0. The van der Waals surface area contributed by atoms with Crippen molar-refractivity contribution in [1.82, 2.24) is 25.8 Å². The second kappa shape index (κ2) is 14.5. The number of fused-ring (bicyclic) bond motifs is 1. The van der Waals surface area contributed by atoms with E-state index in [4.69, 9.17) is 0 Å². The van der Waals surface area contributed by atoms with Crippen molar-refractivity contribution < 1.29 is 33.6 Å². The Balaban J connectivity index is 1.52. The Kier molecular flexibility index (Phi) is 11.4. The average Bonchev–Trinajstić information content (AvgIpc) is 3.84. The van der Waals surface area contributed by atoms with Gasteiger partial charge >= 0.3 is 6.03 Å². The quantitative estimate of drug-likeness (QED) is 0.139. The lowest BCUT2D eigenvalue weighted by molar-refractivity contribution is -0.153. The summed E-state index contributed by atoms with van der Waals surface area (Å²) in [5.41, 5.74) is -1.93. The Morgan fingerprint density at radius 3 is 2.00 bits per heavy atom. The molecule has 2 heterocycles. The molecule has 4 rings (SSSR count). The number of nitrogens with one attached hydrogen (secondary N) is 3. The molecule has 6 amide bonds. The molecule has 4 aliphatic rings. The minimum Gasteiger partial charge on any atom is -0.344 e. The van der Waals surface area contributed by atoms with Crippen LogP contribution >= 0.6 is 0 Å². The summed E-state index contributed by atoms with van der Waals surface area (Å²) in [6, 6.07) is -4.10. The molecule has 0 radical (unpaired) electrons. The van der Waals surface area contributed by atoms with Crippen molar-refractivity contribution in [3.8, 4) is 0 Å². The van der Waals surface area contributed by atoms with Gasteiger partial charge in [0.15, 0.2) is 0 Å². The van der Waals surface area contributed by atoms with Crippen LogP contribution in [0, 0.1) is 39.4 Å². The molecule has 0 bridgehead atoms. The van der Waals surface area contributed by atoms with Gasteiger partial charge in [-0.3, -0.25) is 33.7 Å². The van der Waals surface area contributed by atoms with Gasteiger partial charge in [-0.2, -0.15) is 0 Å². The molecule has 12 heteroatoms. The van der Waals surface area contributed by atoms with Gasteiger partial charge in [0.05, 0.1) is 12.1 Å². The number of carbonyl (C=O) groups excluding carboxylic acids is 7. The first-order valence-corrected chi connectivity index (χ1v) is 18.6. The fourth-order valence-electron chi connectivity index (χ4n) is 7.82. The van der Waals surface area contributed by atoms with Gasteiger partial charge in [0, 0.05) is 32.4 Å². The molecule has 3 N–H and O–H groups in total. The fraction of sp³-hybridized carbons (Fsp3) is 0.769. The van der Waals surface area contributed by atoms with Gasteiger partial charge in [0.2, 0.25) is 35.2 Å². The Bertz CT molecular complexity index is 1430. The molecule has 12 nitrogen and oxygen atoms in total. The maximum absolute atomic E-state index is 14.5. The molecule has 1 unspecified atom stereocenters. The second-order valence-electron chi connectivity index (χ2n) is 19.0. The van der Waals surface area contributed by atoms with Crippen molar-refractivity contribution in [2.45, 2.75) is 138 Å². The van der Waals surface area contributed by atoms with E-state index in [-0.39, 0.29) is 60.8 Å². The molecule has 6 atom stereocenters. The maximum Gasteiger partial charge on any atom is 0.315 e. The van der Waals surface area contributed by atoms with Gasteiger partial charge in [0.1, 0.15) is 12.1 Å². The lowest BCUT2D eigenvalue weighted by Crippen LogP contribution is -2.63. The lowest BCUT2D eigenvalue weighted by Gasteiger charge is -2.40. The smallest absolute Gasteiger partial charge is 0.315 e. The molecular weight excluding hydrogens is 650 g/mol. The van der Waals surface area contributed by atoms with Crippen molar-refractivity contribution in [2.75, 3.05) is 13.1 Å². The van der Waals surface area contributed by atoms with E-state index in [2.05, 4.69) is 36.4 Å². The van der Waals surface area contributed by atoms with Crippen molar-refractivity contribution >= 4 is 41.2 Å². The number of allylic oxidation sites excluding steroid dienone is 1. The normalized spacial score (nSPS) is 25.6. The zero-order valence-corrected chi connectivity index (χ0v) is 32.4. The summed E-state index contributed by atoms with van der Waals surface area (Å²) in [5, 5.41) is 8.71. The average molecular weight is 712 g/mol. The molecule has 0 spiro atoms. The monoisotopic (exact) mass is 711 g/mol.